The average molecular weight is 533 g/mol. The summed E-state index contributed by atoms with van der Waals surface area (Å²) in [5, 5.41) is 13.7. The van der Waals surface area contributed by atoms with E-state index in [9.17, 15) is 0 Å². The standard InChI is InChI=1S/C32H36N8/c1-21(22-6-4-3-5-7-22)35-25-14-24(17-33-18-25)23-8-9-28-27(15-23)32(38-37-28)29-16-26-30(36-29)19-34-20-31(26)40-12-10-39(2)11-13-40/h8-9,14-20,22,35-36H,1,3-7,10-13H2,2H3,(H,37,38). The molecule has 2 aliphatic rings. The van der Waals surface area contributed by atoms with E-state index in [2.05, 4.69) is 79.1 Å². The molecule has 0 amide bonds. The lowest BCUT2D eigenvalue weighted by atomic mass is 9.87. The van der Waals surface area contributed by atoms with Gasteiger partial charge in [0.2, 0.25) is 0 Å². The summed E-state index contributed by atoms with van der Waals surface area (Å²) in [4.78, 5) is 17.5. The topological polar surface area (TPSA) is 88.8 Å². The number of aromatic nitrogens is 5. The molecule has 8 heteroatoms. The quantitative estimate of drug-likeness (QED) is 0.234. The van der Waals surface area contributed by atoms with Crippen LogP contribution in [-0.4, -0.2) is 63.3 Å². The maximum Gasteiger partial charge on any atom is 0.116 e. The van der Waals surface area contributed by atoms with E-state index in [4.69, 9.17) is 5.10 Å². The van der Waals surface area contributed by atoms with Crippen molar-refractivity contribution in [3.63, 3.8) is 0 Å². The van der Waals surface area contributed by atoms with Crippen LogP contribution in [0.5, 0.6) is 0 Å². The summed E-state index contributed by atoms with van der Waals surface area (Å²) in [5.74, 6) is 0.547. The number of anilines is 2. The van der Waals surface area contributed by atoms with Crippen LogP contribution in [0.2, 0.25) is 0 Å². The molecular formula is C32H36N8. The number of pyridine rings is 2. The Morgan fingerprint density at radius 2 is 1.70 bits per heavy atom. The molecule has 1 aromatic carbocycles. The van der Waals surface area contributed by atoms with Crippen LogP contribution in [0, 0.1) is 5.92 Å². The normalized spacial score (nSPS) is 17.1. The van der Waals surface area contributed by atoms with Crippen molar-refractivity contribution in [2.75, 3.05) is 43.4 Å². The van der Waals surface area contributed by atoms with Crippen LogP contribution in [-0.2, 0) is 0 Å². The van der Waals surface area contributed by atoms with Crippen molar-refractivity contribution in [1.29, 1.82) is 0 Å². The highest BCUT2D eigenvalue weighted by Gasteiger charge is 2.20. The van der Waals surface area contributed by atoms with Crippen LogP contribution in [0.4, 0.5) is 11.4 Å². The predicted octanol–water partition coefficient (Wildman–Crippen LogP) is 6.43. The molecule has 1 aliphatic carbocycles. The Labute approximate surface area is 234 Å². The third-order valence-electron chi connectivity index (χ3n) is 8.66. The number of nitrogens with one attached hydrogen (secondary N) is 3. The first-order valence-electron chi connectivity index (χ1n) is 14.4. The van der Waals surface area contributed by atoms with E-state index >= 15 is 0 Å². The summed E-state index contributed by atoms with van der Waals surface area (Å²) in [5.41, 5.74) is 9.36. The molecule has 0 unspecified atom stereocenters. The number of rotatable bonds is 6. The molecule has 1 saturated carbocycles. The zero-order valence-electron chi connectivity index (χ0n) is 23.1. The molecule has 0 atom stereocenters. The minimum atomic E-state index is 0.547. The number of piperazine rings is 1. The van der Waals surface area contributed by atoms with E-state index < -0.39 is 0 Å². The number of nitrogens with zero attached hydrogens (tertiary/aromatic N) is 5. The monoisotopic (exact) mass is 532 g/mol. The largest absolute Gasteiger partial charge is 0.367 e. The van der Waals surface area contributed by atoms with Crippen molar-refractivity contribution in [2.24, 2.45) is 5.92 Å². The first-order valence-corrected chi connectivity index (χ1v) is 14.4. The van der Waals surface area contributed by atoms with E-state index in [0.29, 0.717) is 5.92 Å². The molecule has 204 valence electrons. The van der Waals surface area contributed by atoms with Gasteiger partial charge in [-0.3, -0.25) is 15.1 Å². The predicted molar refractivity (Wildman–Crippen MR) is 163 cm³/mol. The molecule has 5 heterocycles. The lowest BCUT2D eigenvalue weighted by Gasteiger charge is -2.34. The molecule has 0 radical (unpaired) electrons. The van der Waals surface area contributed by atoms with Crippen molar-refractivity contribution in [3.05, 3.63) is 67.4 Å². The lowest BCUT2D eigenvalue weighted by Crippen LogP contribution is -2.44. The fraction of sp³-hybridized carbons (Fsp3) is 0.344. The van der Waals surface area contributed by atoms with Gasteiger partial charge in [-0.1, -0.05) is 31.9 Å². The van der Waals surface area contributed by atoms with Gasteiger partial charge in [0.05, 0.1) is 46.7 Å². The lowest BCUT2D eigenvalue weighted by molar-refractivity contribution is 0.313. The van der Waals surface area contributed by atoms with E-state index in [1.807, 2.05) is 24.8 Å². The molecule has 0 bridgehead atoms. The third kappa shape index (κ3) is 4.73. The second-order valence-electron chi connectivity index (χ2n) is 11.4. The Hall–Kier alpha value is -4.17. The Morgan fingerprint density at radius 3 is 2.55 bits per heavy atom. The van der Waals surface area contributed by atoms with Crippen LogP contribution in [0.25, 0.3) is 44.3 Å². The zero-order chi connectivity index (χ0) is 27.1. The highest BCUT2D eigenvalue weighted by Crippen LogP contribution is 2.35. The first kappa shape index (κ1) is 24.8. The van der Waals surface area contributed by atoms with Crippen LogP contribution in [0.3, 0.4) is 0 Å². The van der Waals surface area contributed by atoms with Gasteiger partial charge >= 0.3 is 0 Å². The molecular weight excluding hydrogens is 496 g/mol. The number of hydrogen-bond acceptors (Lipinski definition) is 6. The zero-order valence-corrected chi connectivity index (χ0v) is 23.1. The highest BCUT2D eigenvalue weighted by atomic mass is 15.3. The molecule has 7 rings (SSSR count). The first-order chi connectivity index (χ1) is 19.6. The molecule has 2 fully saturated rings. The molecule has 40 heavy (non-hydrogen) atoms. The van der Waals surface area contributed by atoms with Crippen molar-refractivity contribution in [2.45, 2.75) is 32.1 Å². The van der Waals surface area contributed by atoms with Gasteiger partial charge < -0.3 is 20.1 Å². The molecule has 4 aromatic heterocycles. The van der Waals surface area contributed by atoms with Crippen LogP contribution in [0.1, 0.15) is 32.1 Å². The van der Waals surface area contributed by atoms with Gasteiger partial charge in [-0.05, 0) is 55.6 Å². The maximum absolute atomic E-state index is 4.72. The van der Waals surface area contributed by atoms with E-state index in [1.54, 1.807) is 0 Å². The van der Waals surface area contributed by atoms with Gasteiger partial charge in [0.15, 0.2) is 0 Å². The second kappa shape index (κ2) is 10.4. The number of allylic oxidation sites excluding steroid dienone is 1. The Bertz CT molecular complexity index is 1670. The van der Waals surface area contributed by atoms with Crippen molar-refractivity contribution in [1.82, 2.24) is 30.0 Å². The average Bonchev–Trinajstić information content (AvgIpc) is 3.62. The van der Waals surface area contributed by atoms with Crippen LogP contribution >= 0.6 is 0 Å². The number of fused-ring (bicyclic) bond motifs is 2. The van der Waals surface area contributed by atoms with Gasteiger partial charge in [-0.2, -0.15) is 5.10 Å². The smallest absolute Gasteiger partial charge is 0.116 e. The summed E-state index contributed by atoms with van der Waals surface area (Å²) >= 11 is 0. The fourth-order valence-corrected chi connectivity index (χ4v) is 6.27. The summed E-state index contributed by atoms with van der Waals surface area (Å²) in [6.45, 7) is 8.47. The Balaban J connectivity index is 1.19. The van der Waals surface area contributed by atoms with Gasteiger partial charge in [-0.25, -0.2) is 0 Å². The number of H-pyrrole nitrogens is 2. The van der Waals surface area contributed by atoms with Crippen LogP contribution in [0.15, 0.2) is 67.4 Å². The van der Waals surface area contributed by atoms with Gasteiger partial charge in [0.25, 0.3) is 0 Å². The van der Waals surface area contributed by atoms with E-state index in [-0.39, 0.29) is 0 Å². The van der Waals surface area contributed by atoms with Gasteiger partial charge in [0, 0.05) is 54.4 Å². The summed E-state index contributed by atoms with van der Waals surface area (Å²) in [6.07, 6.45) is 14.1. The SMILES string of the molecule is C=C(Nc1cncc(-c2ccc3[nH]nc(-c4cc5c(N6CCN(C)CC6)cncc5[nH]4)c3c2)c1)C1CCCCC1. The minimum absolute atomic E-state index is 0.547. The van der Waals surface area contributed by atoms with Crippen LogP contribution < -0.4 is 10.2 Å². The third-order valence-corrected chi connectivity index (χ3v) is 8.66. The molecule has 1 saturated heterocycles. The number of aromatic amines is 2. The minimum Gasteiger partial charge on any atom is -0.367 e. The summed E-state index contributed by atoms with van der Waals surface area (Å²) in [7, 11) is 2.18. The molecule has 0 spiro atoms. The van der Waals surface area contributed by atoms with Crippen molar-refractivity contribution < 1.29 is 0 Å². The maximum atomic E-state index is 4.72. The number of likely N-dealkylation sites (N-methyl/N-ethyl adjacent to an activating group) is 1. The molecule has 5 aromatic rings. The number of hydrogen-bond donors (Lipinski definition) is 3. The number of benzene rings is 1. The molecule has 8 nitrogen and oxygen atoms in total. The highest BCUT2D eigenvalue weighted by molar-refractivity contribution is 6.00. The van der Waals surface area contributed by atoms with Gasteiger partial charge in [0.1, 0.15) is 5.69 Å². The van der Waals surface area contributed by atoms with E-state index in [0.717, 1.165) is 76.5 Å². The van der Waals surface area contributed by atoms with Crippen molar-refractivity contribution in [3.8, 4) is 22.5 Å². The summed E-state index contributed by atoms with van der Waals surface area (Å²) < 4.78 is 0. The molecule has 3 N–H and O–H groups in total. The Morgan fingerprint density at radius 1 is 0.875 bits per heavy atom. The summed E-state index contributed by atoms with van der Waals surface area (Å²) in [6, 6.07) is 10.8. The fourth-order valence-electron chi connectivity index (χ4n) is 6.27. The molecule has 1 aliphatic heterocycles. The van der Waals surface area contributed by atoms with Gasteiger partial charge in [-0.15, -0.1) is 0 Å². The Kier molecular flexibility index (Phi) is 6.48. The van der Waals surface area contributed by atoms with Crippen molar-refractivity contribution >= 4 is 33.2 Å². The second-order valence-corrected chi connectivity index (χ2v) is 11.4. The van der Waals surface area contributed by atoms with E-state index in [1.165, 1.54) is 43.2 Å².